The maximum absolute atomic E-state index is 12.6. The van der Waals surface area contributed by atoms with Crippen molar-refractivity contribution in [2.24, 2.45) is 0 Å². The third kappa shape index (κ3) is 3.57. The Morgan fingerprint density at radius 1 is 1.46 bits per heavy atom. The van der Waals surface area contributed by atoms with Crippen LogP contribution < -0.4 is 11.0 Å². The molecule has 9 nitrogen and oxygen atoms in total. The van der Waals surface area contributed by atoms with Crippen LogP contribution in [0.4, 0.5) is 0 Å². The third-order valence-corrected chi connectivity index (χ3v) is 4.25. The fourth-order valence-corrected chi connectivity index (χ4v) is 3.01. The van der Waals surface area contributed by atoms with Crippen LogP contribution >= 0.6 is 0 Å². The average Bonchev–Trinajstić information content (AvgIpc) is 3.19. The van der Waals surface area contributed by atoms with E-state index in [9.17, 15) is 4.79 Å². The maximum atomic E-state index is 12.6. The highest BCUT2D eigenvalue weighted by Gasteiger charge is 2.24. The van der Waals surface area contributed by atoms with Crippen LogP contribution in [0.3, 0.4) is 0 Å². The first kappa shape index (κ1) is 16.8. The molecule has 0 radical (unpaired) electrons. The van der Waals surface area contributed by atoms with E-state index in [0.717, 1.165) is 31.8 Å². The summed E-state index contributed by atoms with van der Waals surface area (Å²) in [7, 11) is 1.62. The van der Waals surface area contributed by atoms with Gasteiger partial charge in [-0.3, -0.25) is 4.57 Å². The number of nitrogens with one attached hydrogen (secondary N) is 1. The Balaban J connectivity index is 1.79. The lowest BCUT2D eigenvalue weighted by molar-refractivity contribution is 0.199. The zero-order valence-electron chi connectivity index (χ0n) is 14.2. The van der Waals surface area contributed by atoms with Gasteiger partial charge in [0.25, 0.3) is 0 Å². The van der Waals surface area contributed by atoms with Crippen LogP contribution in [0, 0.1) is 0 Å². The number of hydrogen-bond donors (Lipinski definition) is 1. The summed E-state index contributed by atoms with van der Waals surface area (Å²) in [5, 5.41) is 11.8. The van der Waals surface area contributed by atoms with Gasteiger partial charge in [-0.2, -0.15) is 10.1 Å². The number of ether oxygens (including phenoxy) is 1. The number of nitrogens with zero attached hydrogens (tertiary/aromatic N) is 5. The van der Waals surface area contributed by atoms with Crippen LogP contribution in [-0.2, 0) is 24.2 Å². The minimum Gasteiger partial charge on any atom is -0.384 e. The highest BCUT2D eigenvalue weighted by Crippen LogP contribution is 2.20. The van der Waals surface area contributed by atoms with E-state index >= 15 is 0 Å². The van der Waals surface area contributed by atoms with Gasteiger partial charge in [0.1, 0.15) is 12.4 Å². The topological polar surface area (TPSA) is 100 Å². The standard InChI is InChI=1S/C15H24N6O3/c1-3-20-14(11-5-4-7-16-9-11)18-21(15(20)22)10-13-17-12(19-24-13)6-8-23-2/h11,16H,3-10H2,1-2H3/t11-/m0/s1. The summed E-state index contributed by atoms with van der Waals surface area (Å²) >= 11 is 0. The molecule has 1 atom stereocenters. The molecule has 1 aliphatic heterocycles. The number of rotatable bonds is 7. The zero-order chi connectivity index (χ0) is 16.9. The number of aromatic nitrogens is 5. The van der Waals surface area contributed by atoms with Gasteiger partial charge in [-0.15, -0.1) is 0 Å². The van der Waals surface area contributed by atoms with Crippen molar-refractivity contribution >= 4 is 0 Å². The van der Waals surface area contributed by atoms with Gasteiger partial charge in [0.15, 0.2) is 5.82 Å². The fraction of sp³-hybridized carbons (Fsp3) is 0.733. The van der Waals surface area contributed by atoms with Crippen molar-refractivity contribution in [2.75, 3.05) is 26.8 Å². The molecule has 0 saturated carbocycles. The molecule has 24 heavy (non-hydrogen) atoms. The molecular weight excluding hydrogens is 312 g/mol. The zero-order valence-corrected chi connectivity index (χ0v) is 14.2. The van der Waals surface area contributed by atoms with E-state index in [-0.39, 0.29) is 18.2 Å². The van der Waals surface area contributed by atoms with Crippen LogP contribution in [0.2, 0.25) is 0 Å². The lowest BCUT2D eigenvalue weighted by atomic mass is 9.99. The number of hydrogen-bond acceptors (Lipinski definition) is 7. The Hall–Kier alpha value is -2.00. The molecule has 0 aromatic carbocycles. The SMILES string of the molecule is CCn1c([C@H]2CCCNC2)nn(Cc2nc(CCOC)no2)c1=O. The molecule has 2 aromatic heterocycles. The summed E-state index contributed by atoms with van der Waals surface area (Å²) in [6.07, 6.45) is 2.73. The van der Waals surface area contributed by atoms with Crippen molar-refractivity contribution in [3.8, 4) is 0 Å². The van der Waals surface area contributed by atoms with Crippen LogP contribution in [0.15, 0.2) is 9.32 Å². The third-order valence-electron chi connectivity index (χ3n) is 4.25. The molecule has 0 amide bonds. The predicted molar refractivity (Wildman–Crippen MR) is 86.0 cm³/mol. The Morgan fingerprint density at radius 2 is 2.33 bits per heavy atom. The number of piperidine rings is 1. The van der Waals surface area contributed by atoms with Crippen molar-refractivity contribution in [1.82, 2.24) is 29.8 Å². The van der Waals surface area contributed by atoms with E-state index in [4.69, 9.17) is 9.26 Å². The van der Waals surface area contributed by atoms with Gasteiger partial charge in [-0.25, -0.2) is 9.48 Å². The van der Waals surface area contributed by atoms with E-state index in [1.807, 2.05) is 6.92 Å². The van der Waals surface area contributed by atoms with Crippen LogP contribution in [0.1, 0.15) is 43.2 Å². The molecule has 0 bridgehead atoms. The monoisotopic (exact) mass is 336 g/mol. The summed E-state index contributed by atoms with van der Waals surface area (Å²) in [5.41, 5.74) is -0.130. The van der Waals surface area contributed by atoms with Crippen LogP contribution in [0.25, 0.3) is 0 Å². The molecule has 1 N–H and O–H groups in total. The van der Waals surface area contributed by atoms with E-state index in [2.05, 4.69) is 20.6 Å². The molecular formula is C15H24N6O3. The molecule has 132 valence electrons. The van der Waals surface area contributed by atoms with E-state index in [1.165, 1.54) is 4.68 Å². The summed E-state index contributed by atoms with van der Waals surface area (Å²) < 4.78 is 13.4. The second-order valence-electron chi connectivity index (χ2n) is 5.93. The second-order valence-corrected chi connectivity index (χ2v) is 5.93. The lowest BCUT2D eigenvalue weighted by Gasteiger charge is -2.21. The lowest BCUT2D eigenvalue weighted by Crippen LogP contribution is -2.31. The molecule has 3 heterocycles. The molecule has 9 heteroatoms. The van der Waals surface area contributed by atoms with Gasteiger partial charge in [0.05, 0.1) is 6.61 Å². The van der Waals surface area contributed by atoms with Crippen LogP contribution in [-0.4, -0.2) is 51.3 Å². The Morgan fingerprint density at radius 3 is 3.04 bits per heavy atom. The highest BCUT2D eigenvalue weighted by molar-refractivity contribution is 5.01. The summed E-state index contributed by atoms with van der Waals surface area (Å²) in [6, 6.07) is 0. The molecule has 1 fully saturated rings. The summed E-state index contributed by atoms with van der Waals surface area (Å²) in [5.74, 6) is 2.07. The smallest absolute Gasteiger partial charge is 0.346 e. The van der Waals surface area contributed by atoms with Gasteiger partial charge in [0.2, 0.25) is 5.89 Å². The summed E-state index contributed by atoms with van der Waals surface area (Å²) in [6.45, 7) is 5.18. The molecule has 1 saturated heterocycles. The van der Waals surface area contributed by atoms with E-state index in [0.29, 0.717) is 31.3 Å². The van der Waals surface area contributed by atoms with E-state index < -0.39 is 0 Å². The van der Waals surface area contributed by atoms with Gasteiger partial charge in [0, 0.05) is 32.5 Å². The van der Waals surface area contributed by atoms with Crippen molar-refractivity contribution in [2.45, 2.75) is 45.2 Å². The Kier molecular flexibility index (Phi) is 5.41. The first-order chi connectivity index (χ1) is 11.7. The quantitative estimate of drug-likeness (QED) is 0.768. The average molecular weight is 336 g/mol. The number of methoxy groups -OCH3 is 1. The van der Waals surface area contributed by atoms with Crippen LogP contribution in [0.5, 0.6) is 0 Å². The van der Waals surface area contributed by atoms with Crippen molar-refractivity contribution < 1.29 is 9.26 Å². The highest BCUT2D eigenvalue weighted by atomic mass is 16.5. The van der Waals surface area contributed by atoms with Gasteiger partial charge < -0.3 is 14.6 Å². The van der Waals surface area contributed by atoms with Crippen molar-refractivity contribution in [3.05, 3.63) is 28.0 Å². The molecule has 1 aliphatic rings. The molecule has 3 rings (SSSR count). The Labute approximate surface area is 140 Å². The minimum atomic E-state index is -0.130. The largest absolute Gasteiger partial charge is 0.384 e. The minimum absolute atomic E-state index is 0.130. The second kappa shape index (κ2) is 7.71. The van der Waals surface area contributed by atoms with Crippen molar-refractivity contribution in [3.63, 3.8) is 0 Å². The first-order valence-corrected chi connectivity index (χ1v) is 8.41. The van der Waals surface area contributed by atoms with Gasteiger partial charge in [-0.05, 0) is 26.3 Å². The fourth-order valence-electron chi connectivity index (χ4n) is 3.01. The van der Waals surface area contributed by atoms with Gasteiger partial charge in [-0.1, -0.05) is 5.16 Å². The maximum Gasteiger partial charge on any atom is 0.346 e. The Bertz CT molecular complexity index is 713. The summed E-state index contributed by atoms with van der Waals surface area (Å²) in [4.78, 5) is 16.9. The molecule has 0 unspecified atom stereocenters. The van der Waals surface area contributed by atoms with Crippen molar-refractivity contribution in [1.29, 1.82) is 0 Å². The molecule has 0 aliphatic carbocycles. The molecule has 0 spiro atoms. The predicted octanol–water partition coefficient (Wildman–Crippen LogP) is 0.152. The molecule has 2 aromatic rings. The van der Waals surface area contributed by atoms with Gasteiger partial charge >= 0.3 is 5.69 Å². The first-order valence-electron chi connectivity index (χ1n) is 8.41. The van der Waals surface area contributed by atoms with E-state index in [1.54, 1.807) is 11.7 Å². The normalized spacial score (nSPS) is 18.2.